The second-order valence-electron chi connectivity index (χ2n) is 6.90. The second-order valence-corrected chi connectivity index (χ2v) is 6.90. The zero-order valence-corrected chi connectivity index (χ0v) is 16.5. The molecule has 6 nitrogen and oxygen atoms in total. The normalized spacial score (nSPS) is 13.9. The van der Waals surface area contributed by atoms with Crippen LogP contribution in [0.15, 0.2) is 48.5 Å². The Morgan fingerprint density at radius 2 is 1.75 bits per heavy atom. The maximum Gasteiger partial charge on any atom is 0.240 e. The lowest BCUT2D eigenvalue weighted by Crippen LogP contribution is -2.42. The number of anilines is 2. The summed E-state index contributed by atoms with van der Waals surface area (Å²) in [5.74, 6) is -0.345. The average Bonchev–Trinajstić information content (AvgIpc) is 2.72. The maximum absolute atomic E-state index is 12.6. The molecule has 0 saturated carbocycles. The van der Waals surface area contributed by atoms with Crippen LogP contribution in [0.2, 0.25) is 0 Å². The molecular formula is C22H27N3O3. The van der Waals surface area contributed by atoms with E-state index in [1.807, 2.05) is 55.5 Å². The number of carbonyl (C=O) groups is 2. The molecule has 0 aromatic heterocycles. The van der Waals surface area contributed by atoms with Gasteiger partial charge >= 0.3 is 0 Å². The van der Waals surface area contributed by atoms with Crippen molar-refractivity contribution in [3.05, 3.63) is 59.7 Å². The number of amides is 2. The molecule has 0 unspecified atom stereocenters. The molecule has 0 spiro atoms. The van der Waals surface area contributed by atoms with Crippen LogP contribution in [0.5, 0.6) is 0 Å². The summed E-state index contributed by atoms with van der Waals surface area (Å²) in [6.07, 6.45) is 0. The first-order valence-electron chi connectivity index (χ1n) is 9.57. The number of nitrogens with one attached hydrogen (secondary N) is 1. The topological polar surface area (TPSA) is 61.9 Å². The summed E-state index contributed by atoms with van der Waals surface area (Å²) in [7, 11) is 0. The number of ether oxygens (including phenoxy) is 1. The van der Waals surface area contributed by atoms with Gasteiger partial charge in [0.25, 0.3) is 0 Å². The molecule has 1 N–H and O–H groups in total. The summed E-state index contributed by atoms with van der Waals surface area (Å²) in [5.41, 5.74) is 3.90. The predicted molar refractivity (Wildman–Crippen MR) is 111 cm³/mol. The summed E-state index contributed by atoms with van der Waals surface area (Å²) in [5, 5.41) is 2.93. The molecule has 1 heterocycles. The Labute approximate surface area is 166 Å². The van der Waals surface area contributed by atoms with Crippen LogP contribution in [0.3, 0.4) is 0 Å². The van der Waals surface area contributed by atoms with Gasteiger partial charge in [-0.15, -0.1) is 0 Å². The van der Waals surface area contributed by atoms with Crippen molar-refractivity contribution in [2.24, 2.45) is 0 Å². The number of hydrogen-bond acceptors (Lipinski definition) is 4. The highest BCUT2D eigenvalue weighted by Crippen LogP contribution is 2.30. The number of aryl methyl sites for hydroxylation is 1. The quantitative estimate of drug-likeness (QED) is 0.835. The first-order chi connectivity index (χ1) is 13.6. The Hall–Kier alpha value is -2.86. The Morgan fingerprint density at radius 3 is 2.46 bits per heavy atom. The number of benzene rings is 2. The number of morpholine rings is 1. The Balaban J connectivity index is 1.72. The Bertz CT molecular complexity index is 831. The van der Waals surface area contributed by atoms with Gasteiger partial charge in [-0.3, -0.25) is 9.59 Å². The van der Waals surface area contributed by atoms with Crippen LogP contribution in [-0.2, 0) is 20.9 Å². The van der Waals surface area contributed by atoms with Crippen LogP contribution >= 0.6 is 0 Å². The van der Waals surface area contributed by atoms with Crippen molar-refractivity contribution >= 4 is 23.2 Å². The van der Waals surface area contributed by atoms with E-state index in [0.29, 0.717) is 19.8 Å². The minimum absolute atomic E-state index is 0.0113. The van der Waals surface area contributed by atoms with E-state index in [-0.39, 0.29) is 18.4 Å². The molecular weight excluding hydrogens is 354 g/mol. The van der Waals surface area contributed by atoms with Crippen molar-refractivity contribution in [2.75, 3.05) is 42.6 Å². The fourth-order valence-electron chi connectivity index (χ4n) is 3.33. The molecule has 2 aromatic carbocycles. The van der Waals surface area contributed by atoms with E-state index in [0.717, 1.165) is 35.6 Å². The van der Waals surface area contributed by atoms with E-state index in [9.17, 15) is 9.59 Å². The number of hydrogen-bond donors (Lipinski definition) is 1. The van der Waals surface area contributed by atoms with Crippen LogP contribution in [0.1, 0.15) is 18.1 Å². The highest BCUT2D eigenvalue weighted by Gasteiger charge is 2.22. The van der Waals surface area contributed by atoms with E-state index in [2.05, 4.69) is 10.2 Å². The van der Waals surface area contributed by atoms with Crippen molar-refractivity contribution in [3.63, 3.8) is 0 Å². The number of rotatable bonds is 6. The molecule has 3 rings (SSSR count). The summed E-state index contributed by atoms with van der Waals surface area (Å²) >= 11 is 0. The van der Waals surface area contributed by atoms with Gasteiger partial charge in [0.2, 0.25) is 11.8 Å². The number of para-hydroxylation sites is 2. The second kappa shape index (κ2) is 9.37. The van der Waals surface area contributed by atoms with E-state index in [1.54, 1.807) is 0 Å². The first-order valence-corrected chi connectivity index (χ1v) is 9.57. The number of carbonyl (C=O) groups excluding carboxylic acids is 2. The lowest BCUT2D eigenvalue weighted by Gasteiger charge is -2.33. The van der Waals surface area contributed by atoms with Gasteiger partial charge in [-0.05, 0) is 30.2 Å². The zero-order chi connectivity index (χ0) is 19.9. The van der Waals surface area contributed by atoms with Crippen molar-refractivity contribution < 1.29 is 14.3 Å². The van der Waals surface area contributed by atoms with Gasteiger partial charge in [-0.25, -0.2) is 0 Å². The molecule has 2 amide bonds. The van der Waals surface area contributed by atoms with E-state index >= 15 is 0 Å². The van der Waals surface area contributed by atoms with E-state index < -0.39 is 0 Å². The van der Waals surface area contributed by atoms with Gasteiger partial charge in [0.15, 0.2) is 0 Å². The van der Waals surface area contributed by atoms with E-state index in [1.165, 1.54) is 11.8 Å². The Kier molecular flexibility index (Phi) is 6.66. The number of nitrogens with zero attached hydrogens (tertiary/aromatic N) is 2. The average molecular weight is 381 g/mol. The third-order valence-corrected chi connectivity index (χ3v) is 4.94. The minimum Gasteiger partial charge on any atom is -0.378 e. The smallest absolute Gasteiger partial charge is 0.240 e. The molecule has 0 radical (unpaired) electrons. The fraction of sp³-hybridized carbons (Fsp3) is 0.364. The van der Waals surface area contributed by atoms with Gasteiger partial charge in [0, 0.05) is 26.6 Å². The third kappa shape index (κ3) is 4.89. The Morgan fingerprint density at radius 1 is 1.07 bits per heavy atom. The standard InChI is InChI=1S/C22H27N3O3/c1-17-7-3-4-8-19(17)15-23-22(27)16-25(18(2)26)21-10-6-5-9-20(21)24-11-13-28-14-12-24/h3-10H,11-16H2,1-2H3,(H,23,27). The summed E-state index contributed by atoms with van der Waals surface area (Å²) in [6, 6.07) is 15.7. The van der Waals surface area contributed by atoms with Crippen LogP contribution in [-0.4, -0.2) is 44.7 Å². The van der Waals surface area contributed by atoms with Gasteiger partial charge in [0.1, 0.15) is 6.54 Å². The van der Waals surface area contributed by atoms with Crippen LogP contribution in [0, 0.1) is 6.92 Å². The molecule has 28 heavy (non-hydrogen) atoms. The molecule has 148 valence electrons. The third-order valence-electron chi connectivity index (χ3n) is 4.94. The van der Waals surface area contributed by atoms with Crippen molar-refractivity contribution in [2.45, 2.75) is 20.4 Å². The monoisotopic (exact) mass is 381 g/mol. The largest absolute Gasteiger partial charge is 0.378 e. The lowest BCUT2D eigenvalue weighted by molar-refractivity contribution is -0.123. The van der Waals surface area contributed by atoms with Crippen molar-refractivity contribution in [1.82, 2.24) is 5.32 Å². The summed E-state index contributed by atoms with van der Waals surface area (Å²) in [6.45, 7) is 6.79. The molecule has 1 aliphatic rings. The predicted octanol–water partition coefficient (Wildman–Crippen LogP) is 2.50. The molecule has 1 saturated heterocycles. The van der Waals surface area contributed by atoms with Gasteiger partial charge in [-0.2, -0.15) is 0 Å². The molecule has 0 bridgehead atoms. The van der Waals surface area contributed by atoms with Gasteiger partial charge < -0.3 is 19.9 Å². The highest BCUT2D eigenvalue weighted by molar-refractivity contribution is 6.00. The molecule has 1 aliphatic heterocycles. The lowest BCUT2D eigenvalue weighted by atomic mass is 10.1. The molecule has 0 aliphatic carbocycles. The molecule has 6 heteroatoms. The van der Waals surface area contributed by atoms with Crippen LogP contribution in [0.25, 0.3) is 0 Å². The van der Waals surface area contributed by atoms with Crippen LogP contribution < -0.4 is 15.1 Å². The molecule has 0 atom stereocenters. The molecule has 2 aromatic rings. The van der Waals surface area contributed by atoms with Crippen molar-refractivity contribution in [1.29, 1.82) is 0 Å². The van der Waals surface area contributed by atoms with Crippen molar-refractivity contribution in [3.8, 4) is 0 Å². The zero-order valence-electron chi connectivity index (χ0n) is 16.5. The van der Waals surface area contributed by atoms with Gasteiger partial charge in [-0.1, -0.05) is 36.4 Å². The summed E-state index contributed by atoms with van der Waals surface area (Å²) in [4.78, 5) is 28.6. The fourth-order valence-corrected chi connectivity index (χ4v) is 3.33. The SMILES string of the molecule is CC(=O)N(CC(=O)NCc1ccccc1C)c1ccccc1N1CCOCC1. The van der Waals surface area contributed by atoms with E-state index in [4.69, 9.17) is 4.74 Å². The van der Waals surface area contributed by atoms with Crippen LogP contribution in [0.4, 0.5) is 11.4 Å². The maximum atomic E-state index is 12.6. The first kappa shape index (κ1) is 19.9. The molecule has 1 fully saturated rings. The van der Waals surface area contributed by atoms with Gasteiger partial charge in [0.05, 0.1) is 24.6 Å². The highest BCUT2D eigenvalue weighted by atomic mass is 16.5. The minimum atomic E-state index is -0.185. The summed E-state index contributed by atoms with van der Waals surface area (Å²) < 4.78 is 5.43.